The van der Waals surface area contributed by atoms with E-state index in [4.69, 9.17) is 4.74 Å². The Morgan fingerprint density at radius 3 is 2.58 bits per heavy atom. The van der Waals surface area contributed by atoms with Crippen LogP contribution in [0, 0.1) is 17.2 Å². The van der Waals surface area contributed by atoms with E-state index in [0.717, 1.165) is 18.6 Å². The molecule has 1 aliphatic carbocycles. The molecule has 2 rings (SSSR count). The molecule has 3 nitrogen and oxygen atoms in total. The van der Waals surface area contributed by atoms with Crippen LogP contribution in [0.1, 0.15) is 44.2 Å². The zero-order valence-electron chi connectivity index (χ0n) is 11.7. The number of hydrogen-bond acceptors (Lipinski definition) is 3. The second kappa shape index (κ2) is 6.58. The van der Waals surface area contributed by atoms with Gasteiger partial charge in [0.25, 0.3) is 0 Å². The number of nitriles is 1. The highest BCUT2D eigenvalue weighted by molar-refractivity contribution is 5.28. The first-order chi connectivity index (χ1) is 9.24. The normalized spacial score (nSPS) is 24.5. The van der Waals surface area contributed by atoms with E-state index in [9.17, 15) is 5.26 Å². The topological polar surface area (TPSA) is 45.0 Å². The largest absolute Gasteiger partial charge is 0.497 e. The second-order valence-electron chi connectivity index (χ2n) is 5.29. The minimum Gasteiger partial charge on any atom is -0.497 e. The average Bonchev–Trinajstić information content (AvgIpc) is 2.48. The van der Waals surface area contributed by atoms with Crippen LogP contribution >= 0.6 is 0 Å². The lowest BCUT2D eigenvalue weighted by Gasteiger charge is -2.30. The molecule has 19 heavy (non-hydrogen) atoms. The van der Waals surface area contributed by atoms with Crippen molar-refractivity contribution < 1.29 is 4.74 Å². The van der Waals surface area contributed by atoms with Gasteiger partial charge in [-0.15, -0.1) is 0 Å². The predicted octanol–water partition coefficient (Wildman–Crippen LogP) is 3.43. The van der Waals surface area contributed by atoms with E-state index < -0.39 is 0 Å². The maximum Gasteiger partial charge on any atom is 0.118 e. The Labute approximate surface area is 115 Å². The second-order valence-corrected chi connectivity index (χ2v) is 5.29. The number of nitrogens with zero attached hydrogens (tertiary/aromatic N) is 1. The van der Waals surface area contributed by atoms with E-state index >= 15 is 0 Å². The van der Waals surface area contributed by atoms with Crippen LogP contribution in [0.25, 0.3) is 0 Å². The monoisotopic (exact) mass is 258 g/mol. The van der Waals surface area contributed by atoms with E-state index in [1.807, 2.05) is 12.1 Å². The summed E-state index contributed by atoms with van der Waals surface area (Å²) in [6, 6.07) is 11.2. The Morgan fingerprint density at radius 1 is 1.26 bits per heavy atom. The van der Waals surface area contributed by atoms with Crippen LogP contribution in [0.4, 0.5) is 0 Å². The highest BCUT2D eigenvalue weighted by atomic mass is 16.5. The Bertz CT molecular complexity index is 435. The summed E-state index contributed by atoms with van der Waals surface area (Å²) in [6.45, 7) is 2.16. The first-order valence-corrected chi connectivity index (χ1v) is 7.04. The van der Waals surface area contributed by atoms with E-state index in [2.05, 4.69) is 30.4 Å². The van der Waals surface area contributed by atoms with E-state index in [0.29, 0.717) is 6.04 Å². The quantitative estimate of drug-likeness (QED) is 0.900. The summed E-state index contributed by atoms with van der Waals surface area (Å²) in [5.74, 6) is 1.04. The first-order valence-electron chi connectivity index (χ1n) is 7.04. The summed E-state index contributed by atoms with van der Waals surface area (Å²) in [5.41, 5.74) is 1.24. The van der Waals surface area contributed by atoms with Gasteiger partial charge in [0.05, 0.1) is 19.1 Å². The van der Waals surface area contributed by atoms with Gasteiger partial charge >= 0.3 is 0 Å². The predicted molar refractivity (Wildman–Crippen MR) is 75.9 cm³/mol. The molecule has 0 bridgehead atoms. The number of hydrogen-bond donors (Lipinski definition) is 1. The third kappa shape index (κ3) is 3.48. The van der Waals surface area contributed by atoms with Crippen molar-refractivity contribution in [3.63, 3.8) is 0 Å². The molecule has 0 amide bonds. The smallest absolute Gasteiger partial charge is 0.118 e. The lowest BCUT2D eigenvalue weighted by atomic mass is 9.85. The lowest BCUT2D eigenvalue weighted by Crippen LogP contribution is -2.39. The summed E-state index contributed by atoms with van der Waals surface area (Å²) in [7, 11) is 1.68. The molecule has 0 aliphatic heterocycles. The maximum absolute atomic E-state index is 9.21. The third-order valence-electron chi connectivity index (χ3n) is 4.01. The van der Waals surface area contributed by atoms with Crippen LogP contribution in [-0.4, -0.2) is 13.2 Å². The van der Waals surface area contributed by atoms with E-state index in [-0.39, 0.29) is 12.0 Å². The molecule has 0 heterocycles. The lowest BCUT2D eigenvalue weighted by molar-refractivity contribution is 0.292. The van der Waals surface area contributed by atoms with Gasteiger partial charge in [-0.3, -0.25) is 0 Å². The van der Waals surface area contributed by atoms with Gasteiger partial charge in [0, 0.05) is 12.1 Å². The molecule has 2 unspecified atom stereocenters. The van der Waals surface area contributed by atoms with Crippen LogP contribution in [-0.2, 0) is 0 Å². The van der Waals surface area contributed by atoms with E-state index in [1.165, 1.54) is 18.4 Å². The van der Waals surface area contributed by atoms with Crippen LogP contribution in [0.5, 0.6) is 5.75 Å². The van der Waals surface area contributed by atoms with Gasteiger partial charge in [-0.1, -0.05) is 25.0 Å². The van der Waals surface area contributed by atoms with Crippen LogP contribution in [0.15, 0.2) is 24.3 Å². The highest BCUT2D eigenvalue weighted by Gasteiger charge is 2.26. The van der Waals surface area contributed by atoms with Gasteiger partial charge in [-0.05, 0) is 37.5 Å². The SMILES string of the molecule is COc1ccc([C@H](C)NC2CCCCC2C#N)cc1. The number of benzene rings is 1. The average molecular weight is 258 g/mol. The van der Waals surface area contributed by atoms with Gasteiger partial charge in [0.1, 0.15) is 5.75 Å². The molecule has 0 radical (unpaired) electrons. The fraction of sp³-hybridized carbons (Fsp3) is 0.562. The van der Waals surface area contributed by atoms with Crippen LogP contribution in [0.3, 0.4) is 0 Å². The highest BCUT2D eigenvalue weighted by Crippen LogP contribution is 2.26. The molecule has 1 N–H and O–H groups in total. The van der Waals surface area contributed by atoms with Crippen molar-refractivity contribution in [3.05, 3.63) is 29.8 Å². The molecule has 1 saturated carbocycles. The van der Waals surface area contributed by atoms with Gasteiger partial charge in [0.15, 0.2) is 0 Å². The van der Waals surface area contributed by atoms with Crippen molar-refractivity contribution in [2.45, 2.75) is 44.7 Å². The summed E-state index contributed by atoms with van der Waals surface area (Å²) in [5, 5.41) is 12.8. The van der Waals surface area contributed by atoms with Crippen molar-refractivity contribution in [3.8, 4) is 11.8 Å². The van der Waals surface area contributed by atoms with Gasteiger partial charge in [-0.25, -0.2) is 0 Å². The number of ether oxygens (including phenoxy) is 1. The summed E-state index contributed by atoms with van der Waals surface area (Å²) >= 11 is 0. The number of rotatable bonds is 4. The molecule has 1 aliphatic rings. The van der Waals surface area contributed by atoms with Crippen molar-refractivity contribution in [2.75, 3.05) is 7.11 Å². The fourth-order valence-corrected chi connectivity index (χ4v) is 2.79. The molecular weight excluding hydrogens is 236 g/mol. The molecular formula is C16H22N2O. The molecule has 3 heteroatoms. The van der Waals surface area contributed by atoms with Crippen LogP contribution in [0.2, 0.25) is 0 Å². The minimum atomic E-state index is 0.162. The Balaban J connectivity index is 1.99. The van der Waals surface area contributed by atoms with Gasteiger partial charge < -0.3 is 10.1 Å². The number of methoxy groups -OCH3 is 1. The Morgan fingerprint density at radius 2 is 1.95 bits per heavy atom. The molecule has 0 saturated heterocycles. The standard InChI is InChI=1S/C16H22N2O/c1-12(13-7-9-15(19-2)10-8-13)18-16-6-4-3-5-14(16)11-17/h7-10,12,14,16,18H,3-6H2,1-2H3/t12-,14?,16?/m0/s1. The minimum absolute atomic E-state index is 0.162. The zero-order chi connectivity index (χ0) is 13.7. The summed E-state index contributed by atoms with van der Waals surface area (Å²) < 4.78 is 5.17. The summed E-state index contributed by atoms with van der Waals surface area (Å²) in [4.78, 5) is 0. The van der Waals surface area contributed by atoms with Crippen LogP contribution < -0.4 is 10.1 Å². The molecule has 3 atom stereocenters. The maximum atomic E-state index is 9.21. The fourth-order valence-electron chi connectivity index (χ4n) is 2.79. The van der Waals surface area contributed by atoms with E-state index in [1.54, 1.807) is 7.11 Å². The third-order valence-corrected chi connectivity index (χ3v) is 4.01. The van der Waals surface area contributed by atoms with Crippen molar-refractivity contribution in [1.29, 1.82) is 5.26 Å². The van der Waals surface area contributed by atoms with Crippen molar-refractivity contribution >= 4 is 0 Å². The summed E-state index contributed by atoms with van der Waals surface area (Å²) in [6.07, 6.45) is 4.56. The van der Waals surface area contributed by atoms with Crippen molar-refractivity contribution in [1.82, 2.24) is 5.32 Å². The Kier molecular flexibility index (Phi) is 4.81. The molecule has 1 aromatic rings. The zero-order valence-corrected chi connectivity index (χ0v) is 11.7. The Hall–Kier alpha value is -1.53. The molecule has 0 spiro atoms. The first kappa shape index (κ1) is 13.9. The molecule has 1 aromatic carbocycles. The molecule has 102 valence electrons. The van der Waals surface area contributed by atoms with Gasteiger partial charge in [0.2, 0.25) is 0 Å². The number of nitrogens with one attached hydrogen (secondary N) is 1. The van der Waals surface area contributed by atoms with Crippen molar-refractivity contribution in [2.24, 2.45) is 5.92 Å². The van der Waals surface area contributed by atoms with Gasteiger partial charge in [-0.2, -0.15) is 5.26 Å². The molecule has 1 fully saturated rings. The molecule has 0 aromatic heterocycles.